The summed E-state index contributed by atoms with van der Waals surface area (Å²) in [5.74, 6) is 0.695. The first-order valence-corrected chi connectivity index (χ1v) is 7.95. The van der Waals surface area contributed by atoms with Crippen LogP contribution in [0.2, 0.25) is 0 Å². The summed E-state index contributed by atoms with van der Waals surface area (Å²) in [4.78, 5) is 11.9. The molecule has 0 saturated carbocycles. The highest BCUT2D eigenvalue weighted by Crippen LogP contribution is 2.38. The highest BCUT2D eigenvalue weighted by Gasteiger charge is 2.37. The quantitative estimate of drug-likeness (QED) is 0.886. The largest absolute Gasteiger partial charge is 0.497 e. The Morgan fingerprint density at radius 3 is 2.79 bits per heavy atom. The van der Waals surface area contributed by atoms with E-state index in [0.29, 0.717) is 12.2 Å². The number of carbonyl (C=O) groups excluding carboxylic acids is 1. The van der Waals surface area contributed by atoms with Crippen LogP contribution in [0.4, 0.5) is 4.79 Å². The summed E-state index contributed by atoms with van der Waals surface area (Å²) < 4.78 is 10.4. The number of hydrogen-bond acceptors (Lipinski definition) is 4. The number of nitrogens with one attached hydrogen (secondary N) is 1. The number of aryl methyl sites for hydroxylation is 1. The molecule has 24 heavy (non-hydrogen) atoms. The van der Waals surface area contributed by atoms with Gasteiger partial charge in [-0.1, -0.05) is 36.4 Å². The molecule has 0 spiro atoms. The van der Waals surface area contributed by atoms with Gasteiger partial charge in [-0.05, 0) is 41.7 Å². The van der Waals surface area contributed by atoms with Crippen molar-refractivity contribution < 1.29 is 19.4 Å². The highest BCUT2D eigenvalue weighted by molar-refractivity contribution is 5.67. The number of aliphatic hydroxyl groups is 1. The molecule has 126 valence electrons. The minimum atomic E-state index is -1.09. The average Bonchev–Trinajstić information content (AvgIpc) is 2.96. The lowest BCUT2D eigenvalue weighted by Gasteiger charge is -2.24. The Morgan fingerprint density at radius 1 is 1.25 bits per heavy atom. The third kappa shape index (κ3) is 3.51. The molecule has 2 aromatic rings. The first-order valence-electron chi connectivity index (χ1n) is 7.95. The number of alkyl carbamates (subject to hydrolysis) is 1. The maximum absolute atomic E-state index is 11.9. The summed E-state index contributed by atoms with van der Waals surface area (Å²) in [5.41, 5.74) is 1.72. The molecule has 1 amide bonds. The first-order chi connectivity index (χ1) is 11.6. The molecule has 0 heterocycles. The second-order valence-corrected chi connectivity index (χ2v) is 5.97. The molecule has 0 saturated heterocycles. The Labute approximate surface area is 141 Å². The van der Waals surface area contributed by atoms with E-state index < -0.39 is 11.7 Å². The summed E-state index contributed by atoms with van der Waals surface area (Å²) >= 11 is 0. The SMILES string of the molecule is COc1ccc2c(c1)C(O)(CNC(=O)OCc1ccccc1)CC2. The molecule has 0 bridgehead atoms. The fraction of sp³-hybridized carbons (Fsp3) is 0.316. The van der Waals surface area contributed by atoms with Gasteiger partial charge in [0.25, 0.3) is 0 Å². The molecule has 0 aromatic heterocycles. The van der Waals surface area contributed by atoms with E-state index in [1.165, 1.54) is 0 Å². The minimum Gasteiger partial charge on any atom is -0.497 e. The van der Waals surface area contributed by atoms with Crippen LogP contribution in [0, 0.1) is 0 Å². The molecule has 5 heteroatoms. The number of carbonyl (C=O) groups is 1. The number of benzene rings is 2. The number of fused-ring (bicyclic) bond motifs is 1. The van der Waals surface area contributed by atoms with E-state index >= 15 is 0 Å². The van der Waals surface area contributed by atoms with E-state index in [2.05, 4.69) is 5.32 Å². The van der Waals surface area contributed by atoms with Gasteiger partial charge < -0.3 is 19.9 Å². The lowest BCUT2D eigenvalue weighted by atomic mass is 9.96. The van der Waals surface area contributed by atoms with Gasteiger partial charge in [0, 0.05) is 0 Å². The van der Waals surface area contributed by atoms with Crippen molar-refractivity contribution in [2.75, 3.05) is 13.7 Å². The lowest BCUT2D eigenvalue weighted by molar-refractivity contribution is 0.0361. The molecule has 1 aliphatic rings. The van der Waals surface area contributed by atoms with Crippen LogP contribution in [-0.4, -0.2) is 24.9 Å². The molecule has 3 rings (SSSR count). The molecule has 1 unspecified atom stereocenters. The Kier molecular flexibility index (Phi) is 4.71. The predicted molar refractivity (Wildman–Crippen MR) is 89.8 cm³/mol. The number of ether oxygens (including phenoxy) is 2. The van der Waals surface area contributed by atoms with Gasteiger partial charge in [0.2, 0.25) is 0 Å². The van der Waals surface area contributed by atoms with Crippen LogP contribution in [0.5, 0.6) is 5.75 Å². The van der Waals surface area contributed by atoms with Crippen molar-refractivity contribution in [3.63, 3.8) is 0 Å². The van der Waals surface area contributed by atoms with Crippen molar-refractivity contribution in [1.29, 1.82) is 0 Å². The van der Waals surface area contributed by atoms with E-state index in [1.54, 1.807) is 7.11 Å². The van der Waals surface area contributed by atoms with Gasteiger partial charge in [0.1, 0.15) is 18.0 Å². The molecule has 1 aliphatic carbocycles. The van der Waals surface area contributed by atoms with Crippen molar-refractivity contribution in [2.45, 2.75) is 25.0 Å². The Hall–Kier alpha value is -2.53. The zero-order valence-corrected chi connectivity index (χ0v) is 13.6. The van der Waals surface area contributed by atoms with E-state index in [9.17, 15) is 9.90 Å². The van der Waals surface area contributed by atoms with Crippen molar-refractivity contribution in [3.8, 4) is 5.75 Å². The van der Waals surface area contributed by atoms with Gasteiger partial charge in [0.15, 0.2) is 0 Å². The summed E-state index contributed by atoms with van der Waals surface area (Å²) in [6.07, 6.45) is 0.800. The molecule has 2 aromatic carbocycles. The van der Waals surface area contributed by atoms with Crippen LogP contribution < -0.4 is 10.1 Å². The van der Waals surface area contributed by atoms with Crippen LogP contribution in [-0.2, 0) is 23.4 Å². The van der Waals surface area contributed by atoms with Crippen molar-refractivity contribution >= 4 is 6.09 Å². The molecule has 2 N–H and O–H groups in total. The fourth-order valence-electron chi connectivity index (χ4n) is 2.99. The summed E-state index contributed by atoms with van der Waals surface area (Å²) in [7, 11) is 1.59. The molecule has 0 radical (unpaired) electrons. The van der Waals surface area contributed by atoms with Gasteiger partial charge >= 0.3 is 6.09 Å². The summed E-state index contributed by atoms with van der Waals surface area (Å²) in [6.45, 7) is 0.316. The van der Waals surface area contributed by atoms with E-state index in [0.717, 1.165) is 23.1 Å². The van der Waals surface area contributed by atoms with E-state index in [4.69, 9.17) is 9.47 Å². The second kappa shape index (κ2) is 6.93. The normalized spacial score (nSPS) is 18.8. The van der Waals surface area contributed by atoms with Crippen LogP contribution in [0.1, 0.15) is 23.1 Å². The zero-order valence-electron chi connectivity index (χ0n) is 13.6. The van der Waals surface area contributed by atoms with Gasteiger partial charge in [-0.25, -0.2) is 4.79 Å². The molecular weight excluding hydrogens is 306 g/mol. The first kappa shape index (κ1) is 16.3. The van der Waals surface area contributed by atoms with E-state index in [-0.39, 0.29) is 13.2 Å². The molecule has 0 fully saturated rings. The van der Waals surface area contributed by atoms with Crippen LogP contribution in [0.15, 0.2) is 48.5 Å². The minimum absolute atomic E-state index is 0.112. The third-order valence-electron chi connectivity index (χ3n) is 4.36. The van der Waals surface area contributed by atoms with Gasteiger partial charge in [-0.15, -0.1) is 0 Å². The molecule has 0 aliphatic heterocycles. The zero-order chi connectivity index (χ0) is 17.0. The molecule has 5 nitrogen and oxygen atoms in total. The average molecular weight is 327 g/mol. The van der Waals surface area contributed by atoms with Crippen LogP contribution in [0.25, 0.3) is 0 Å². The topological polar surface area (TPSA) is 67.8 Å². The molecular formula is C19H21NO4. The van der Waals surface area contributed by atoms with Crippen molar-refractivity contribution in [3.05, 3.63) is 65.2 Å². The van der Waals surface area contributed by atoms with Gasteiger partial charge in [0.05, 0.1) is 13.7 Å². The summed E-state index contributed by atoms with van der Waals surface area (Å²) in [5, 5.41) is 13.5. The van der Waals surface area contributed by atoms with Crippen LogP contribution >= 0.6 is 0 Å². The van der Waals surface area contributed by atoms with Crippen molar-refractivity contribution in [1.82, 2.24) is 5.32 Å². The Morgan fingerprint density at radius 2 is 2.04 bits per heavy atom. The Balaban J connectivity index is 1.58. The monoisotopic (exact) mass is 327 g/mol. The predicted octanol–water partition coefficient (Wildman–Crippen LogP) is 2.76. The number of methoxy groups -OCH3 is 1. The maximum atomic E-state index is 11.9. The number of hydrogen-bond donors (Lipinski definition) is 2. The summed E-state index contributed by atoms with van der Waals surface area (Å²) in [6, 6.07) is 15.1. The standard InChI is InChI=1S/C19H21NO4/c1-23-16-8-7-15-9-10-19(22,17(15)11-16)13-20-18(21)24-12-14-5-3-2-4-6-14/h2-8,11,22H,9-10,12-13H2,1H3,(H,20,21). The highest BCUT2D eigenvalue weighted by atomic mass is 16.5. The third-order valence-corrected chi connectivity index (χ3v) is 4.36. The lowest BCUT2D eigenvalue weighted by Crippen LogP contribution is -2.39. The fourth-order valence-corrected chi connectivity index (χ4v) is 2.99. The van der Waals surface area contributed by atoms with Gasteiger partial charge in [-0.2, -0.15) is 0 Å². The smallest absolute Gasteiger partial charge is 0.407 e. The van der Waals surface area contributed by atoms with Gasteiger partial charge in [-0.3, -0.25) is 0 Å². The van der Waals surface area contributed by atoms with Crippen LogP contribution in [0.3, 0.4) is 0 Å². The number of amides is 1. The Bertz CT molecular complexity index is 717. The second-order valence-electron chi connectivity index (χ2n) is 5.97. The van der Waals surface area contributed by atoms with Crippen molar-refractivity contribution in [2.24, 2.45) is 0 Å². The molecule has 1 atom stereocenters. The van der Waals surface area contributed by atoms with E-state index in [1.807, 2.05) is 48.5 Å². The maximum Gasteiger partial charge on any atom is 0.407 e. The number of rotatable bonds is 5.